The van der Waals surface area contributed by atoms with Crippen LogP contribution in [0.25, 0.3) is 0 Å². The van der Waals surface area contributed by atoms with Crippen molar-refractivity contribution in [2.24, 2.45) is 17.8 Å². The van der Waals surface area contributed by atoms with E-state index in [1.54, 1.807) is 6.92 Å². The molecule has 1 saturated carbocycles. The minimum atomic E-state index is 0.383. The number of hydrogen-bond donors (Lipinski definition) is 0. The molecule has 0 aromatic rings. The van der Waals surface area contributed by atoms with E-state index in [-0.39, 0.29) is 0 Å². The molecule has 9 heavy (non-hydrogen) atoms. The monoisotopic (exact) mass is 126 g/mol. The van der Waals surface area contributed by atoms with Gasteiger partial charge in [-0.25, -0.2) is 0 Å². The van der Waals surface area contributed by atoms with Gasteiger partial charge in [0.15, 0.2) is 0 Å². The van der Waals surface area contributed by atoms with Crippen LogP contribution in [0.1, 0.15) is 27.2 Å². The second-order valence-electron chi connectivity index (χ2n) is 3.36. The van der Waals surface area contributed by atoms with Gasteiger partial charge < -0.3 is 0 Å². The van der Waals surface area contributed by atoms with Crippen molar-refractivity contribution in [1.29, 1.82) is 0 Å². The van der Waals surface area contributed by atoms with Crippen molar-refractivity contribution in [3.8, 4) is 0 Å². The molecule has 1 fully saturated rings. The average Bonchev–Trinajstić information content (AvgIpc) is 2.39. The molecular weight excluding hydrogens is 112 g/mol. The predicted molar refractivity (Wildman–Crippen MR) is 37.1 cm³/mol. The summed E-state index contributed by atoms with van der Waals surface area (Å²) in [6.07, 6.45) is 1.15. The minimum Gasteiger partial charge on any atom is -0.300 e. The fraction of sp³-hybridized carbons (Fsp3) is 0.875. The molecule has 1 nitrogen and oxygen atoms in total. The summed E-state index contributed by atoms with van der Waals surface area (Å²) in [4.78, 5) is 10.7. The molecule has 0 N–H and O–H groups in total. The molecule has 52 valence electrons. The van der Waals surface area contributed by atoms with Gasteiger partial charge in [-0.2, -0.15) is 0 Å². The number of ketones is 1. The molecule has 1 aliphatic rings. The fourth-order valence-electron chi connectivity index (χ4n) is 1.42. The van der Waals surface area contributed by atoms with Crippen LogP contribution in [0.4, 0.5) is 0 Å². The topological polar surface area (TPSA) is 17.1 Å². The highest BCUT2D eigenvalue weighted by molar-refractivity contribution is 5.81. The van der Waals surface area contributed by atoms with Crippen molar-refractivity contribution < 1.29 is 4.79 Å². The summed E-state index contributed by atoms with van der Waals surface area (Å²) in [5.41, 5.74) is 0. The lowest BCUT2D eigenvalue weighted by Crippen LogP contribution is -1.99. The van der Waals surface area contributed by atoms with Crippen LogP contribution in [0.3, 0.4) is 0 Å². The van der Waals surface area contributed by atoms with Crippen LogP contribution in [0, 0.1) is 17.8 Å². The third-order valence-electron chi connectivity index (χ3n) is 2.22. The average molecular weight is 126 g/mol. The summed E-state index contributed by atoms with van der Waals surface area (Å²) in [5.74, 6) is 2.22. The zero-order valence-corrected chi connectivity index (χ0v) is 6.35. The van der Waals surface area contributed by atoms with Gasteiger partial charge in [-0.05, 0) is 25.2 Å². The Bertz CT molecular complexity index is 127. The number of carbonyl (C=O) groups excluding carboxylic acids is 1. The molecule has 1 heteroatoms. The van der Waals surface area contributed by atoms with Gasteiger partial charge in [0.05, 0.1) is 0 Å². The van der Waals surface area contributed by atoms with E-state index in [0.717, 1.165) is 6.42 Å². The zero-order valence-electron chi connectivity index (χ0n) is 6.35. The normalized spacial score (nSPS) is 32.9. The molecule has 0 spiro atoms. The van der Waals surface area contributed by atoms with E-state index >= 15 is 0 Å². The van der Waals surface area contributed by atoms with Crippen LogP contribution in [-0.2, 0) is 4.79 Å². The Morgan fingerprint density at radius 1 is 1.56 bits per heavy atom. The molecule has 0 aliphatic heterocycles. The molecule has 0 saturated heterocycles. The first-order chi connectivity index (χ1) is 4.13. The molecule has 0 bridgehead atoms. The molecule has 0 aromatic heterocycles. The smallest absolute Gasteiger partial charge is 0.133 e. The van der Waals surface area contributed by atoms with Gasteiger partial charge in [0.2, 0.25) is 0 Å². The second-order valence-corrected chi connectivity index (χ2v) is 3.36. The molecular formula is C8H14O. The van der Waals surface area contributed by atoms with Gasteiger partial charge in [-0.3, -0.25) is 4.79 Å². The van der Waals surface area contributed by atoms with Crippen LogP contribution in [0.5, 0.6) is 0 Å². The third kappa shape index (κ3) is 1.32. The summed E-state index contributed by atoms with van der Waals surface area (Å²) in [6, 6.07) is 0. The Kier molecular flexibility index (Phi) is 1.60. The predicted octanol–water partition coefficient (Wildman–Crippen LogP) is 1.87. The first-order valence-corrected chi connectivity index (χ1v) is 3.63. The molecule has 1 rings (SSSR count). The quantitative estimate of drug-likeness (QED) is 0.552. The maximum absolute atomic E-state index is 10.7. The Morgan fingerprint density at radius 3 is 2.22 bits per heavy atom. The van der Waals surface area contributed by atoms with Crippen LogP contribution >= 0.6 is 0 Å². The van der Waals surface area contributed by atoms with Crippen molar-refractivity contribution >= 4 is 5.78 Å². The molecule has 1 aliphatic carbocycles. The van der Waals surface area contributed by atoms with Crippen LogP contribution in [0.2, 0.25) is 0 Å². The van der Waals surface area contributed by atoms with Crippen molar-refractivity contribution in [2.75, 3.05) is 0 Å². The summed E-state index contributed by atoms with van der Waals surface area (Å²) in [6.45, 7) is 6.08. The third-order valence-corrected chi connectivity index (χ3v) is 2.22. The van der Waals surface area contributed by atoms with Crippen LogP contribution < -0.4 is 0 Å². The Labute approximate surface area is 56.4 Å². The molecule has 0 amide bonds. The number of Topliss-reactive ketones (excluding diaryl/α,β-unsaturated/α-hetero) is 1. The fourth-order valence-corrected chi connectivity index (χ4v) is 1.42. The maximum atomic E-state index is 10.7. The van der Waals surface area contributed by atoms with Gasteiger partial charge in [-0.15, -0.1) is 0 Å². The SMILES string of the molecule is CC(=O)[C@H]1C[C@H]1C(C)C. The van der Waals surface area contributed by atoms with Crippen molar-refractivity contribution in [3.05, 3.63) is 0 Å². The Balaban J connectivity index is 2.33. The lowest BCUT2D eigenvalue weighted by molar-refractivity contribution is -0.118. The molecule has 0 unspecified atom stereocenters. The molecule has 0 aromatic carbocycles. The summed E-state index contributed by atoms with van der Waals surface area (Å²) >= 11 is 0. The van der Waals surface area contributed by atoms with E-state index in [9.17, 15) is 4.79 Å². The molecule has 0 radical (unpaired) electrons. The van der Waals surface area contributed by atoms with Crippen molar-refractivity contribution in [2.45, 2.75) is 27.2 Å². The standard InChI is InChI=1S/C8H14O/c1-5(2)7-4-8(7)6(3)9/h5,7-8H,4H2,1-3H3/t7-,8+/m0/s1. The maximum Gasteiger partial charge on any atom is 0.133 e. The first-order valence-electron chi connectivity index (χ1n) is 3.63. The highest BCUT2D eigenvalue weighted by Gasteiger charge is 2.42. The van der Waals surface area contributed by atoms with E-state index in [1.807, 2.05) is 0 Å². The van der Waals surface area contributed by atoms with Crippen molar-refractivity contribution in [1.82, 2.24) is 0 Å². The lowest BCUT2D eigenvalue weighted by atomic mass is 10.1. The van der Waals surface area contributed by atoms with E-state index < -0.39 is 0 Å². The molecule has 0 heterocycles. The summed E-state index contributed by atoms with van der Waals surface area (Å²) in [5, 5.41) is 0. The molecule has 2 atom stereocenters. The van der Waals surface area contributed by atoms with Gasteiger partial charge in [0, 0.05) is 5.92 Å². The minimum absolute atomic E-state index is 0.383. The van der Waals surface area contributed by atoms with Crippen LogP contribution in [0.15, 0.2) is 0 Å². The highest BCUT2D eigenvalue weighted by atomic mass is 16.1. The van der Waals surface area contributed by atoms with E-state index in [1.165, 1.54) is 0 Å². The number of hydrogen-bond acceptors (Lipinski definition) is 1. The van der Waals surface area contributed by atoms with Gasteiger partial charge in [0.1, 0.15) is 5.78 Å². The van der Waals surface area contributed by atoms with Crippen molar-refractivity contribution in [3.63, 3.8) is 0 Å². The number of carbonyl (C=O) groups is 1. The number of rotatable bonds is 2. The summed E-state index contributed by atoms with van der Waals surface area (Å²) < 4.78 is 0. The van der Waals surface area contributed by atoms with Gasteiger partial charge >= 0.3 is 0 Å². The highest BCUT2D eigenvalue weighted by Crippen LogP contribution is 2.44. The van der Waals surface area contributed by atoms with Crippen LogP contribution in [-0.4, -0.2) is 5.78 Å². The van der Waals surface area contributed by atoms with E-state index in [2.05, 4.69) is 13.8 Å². The lowest BCUT2D eigenvalue weighted by Gasteiger charge is -1.98. The Hall–Kier alpha value is -0.330. The zero-order chi connectivity index (χ0) is 7.02. The summed E-state index contributed by atoms with van der Waals surface area (Å²) in [7, 11) is 0. The van der Waals surface area contributed by atoms with Gasteiger partial charge in [-0.1, -0.05) is 13.8 Å². The Morgan fingerprint density at radius 2 is 2.11 bits per heavy atom. The van der Waals surface area contributed by atoms with E-state index in [0.29, 0.717) is 23.5 Å². The van der Waals surface area contributed by atoms with E-state index in [4.69, 9.17) is 0 Å². The largest absolute Gasteiger partial charge is 0.300 e. The second kappa shape index (κ2) is 2.13. The van der Waals surface area contributed by atoms with Gasteiger partial charge in [0.25, 0.3) is 0 Å². The first kappa shape index (κ1) is 6.79.